The summed E-state index contributed by atoms with van der Waals surface area (Å²) in [6.07, 6.45) is 1.36. The Kier molecular flexibility index (Phi) is 3.66. The Hall–Kier alpha value is -2.48. The van der Waals surface area contributed by atoms with Gasteiger partial charge in [0.15, 0.2) is 11.7 Å². The maximum absolute atomic E-state index is 12.0. The second-order valence-electron chi connectivity index (χ2n) is 4.36. The van der Waals surface area contributed by atoms with Gasteiger partial charge in [-0.3, -0.25) is 4.79 Å². The Morgan fingerprint density at radius 2 is 2.15 bits per heavy atom. The second kappa shape index (κ2) is 5.25. The third kappa shape index (κ3) is 2.45. The molecule has 1 atom stereocenters. The summed E-state index contributed by atoms with van der Waals surface area (Å²) in [7, 11) is 0. The van der Waals surface area contributed by atoms with Gasteiger partial charge < -0.3 is 15.5 Å². The van der Waals surface area contributed by atoms with Crippen molar-refractivity contribution in [2.75, 3.05) is 6.61 Å². The Bertz CT molecular complexity index is 679. The molecule has 20 heavy (non-hydrogen) atoms. The fraction of sp³-hybridized carbons (Fsp3) is 0.333. The SMILES string of the molecule is Cc1cc2ncc(C(=O)N[C@H](CO)C(=O)O)c(C)n2n1. The van der Waals surface area contributed by atoms with E-state index >= 15 is 0 Å². The summed E-state index contributed by atoms with van der Waals surface area (Å²) in [5, 5.41) is 24.1. The van der Waals surface area contributed by atoms with E-state index in [1.165, 1.54) is 10.7 Å². The number of fused-ring (bicyclic) bond motifs is 1. The second-order valence-corrected chi connectivity index (χ2v) is 4.36. The van der Waals surface area contributed by atoms with Crippen LogP contribution in [-0.2, 0) is 4.79 Å². The lowest BCUT2D eigenvalue weighted by molar-refractivity contribution is -0.140. The number of rotatable bonds is 4. The van der Waals surface area contributed by atoms with Crippen molar-refractivity contribution in [1.82, 2.24) is 19.9 Å². The summed E-state index contributed by atoms with van der Waals surface area (Å²) >= 11 is 0. The van der Waals surface area contributed by atoms with Crippen LogP contribution >= 0.6 is 0 Å². The molecule has 2 aromatic heterocycles. The van der Waals surface area contributed by atoms with Gasteiger partial charge in [0.1, 0.15) is 0 Å². The zero-order chi connectivity index (χ0) is 14.9. The van der Waals surface area contributed by atoms with Crippen molar-refractivity contribution >= 4 is 17.5 Å². The first-order valence-electron chi connectivity index (χ1n) is 5.90. The van der Waals surface area contributed by atoms with E-state index < -0.39 is 24.5 Å². The molecule has 3 N–H and O–H groups in total. The topological polar surface area (TPSA) is 117 Å². The van der Waals surface area contributed by atoms with Crippen LogP contribution in [0.5, 0.6) is 0 Å². The number of aliphatic carboxylic acids is 1. The summed E-state index contributed by atoms with van der Waals surface area (Å²) in [6.45, 7) is 2.81. The van der Waals surface area contributed by atoms with Crippen molar-refractivity contribution in [2.24, 2.45) is 0 Å². The number of carboxylic acids is 1. The van der Waals surface area contributed by atoms with Gasteiger partial charge in [0.25, 0.3) is 5.91 Å². The van der Waals surface area contributed by atoms with E-state index in [9.17, 15) is 9.59 Å². The first-order chi connectivity index (χ1) is 9.43. The number of aliphatic hydroxyl groups excluding tert-OH is 1. The largest absolute Gasteiger partial charge is 0.480 e. The summed E-state index contributed by atoms with van der Waals surface area (Å²) in [5.74, 6) is -1.92. The number of nitrogens with zero attached hydrogens (tertiary/aromatic N) is 3. The van der Waals surface area contributed by atoms with Gasteiger partial charge in [0.2, 0.25) is 0 Å². The highest BCUT2D eigenvalue weighted by Crippen LogP contribution is 2.11. The molecule has 0 spiro atoms. The zero-order valence-corrected chi connectivity index (χ0v) is 11.0. The van der Waals surface area contributed by atoms with E-state index in [1.54, 1.807) is 19.9 Å². The molecule has 0 aliphatic carbocycles. The predicted octanol–water partition coefficient (Wildman–Crippen LogP) is -0.479. The molecule has 8 heteroatoms. The van der Waals surface area contributed by atoms with Crippen LogP contribution in [0.4, 0.5) is 0 Å². The first-order valence-corrected chi connectivity index (χ1v) is 5.90. The molecule has 2 rings (SSSR count). The Labute approximate surface area is 114 Å². The Balaban J connectivity index is 2.35. The first kappa shape index (κ1) is 13.9. The van der Waals surface area contributed by atoms with Crippen molar-refractivity contribution in [1.29, 1.82) is 0 Å². The highest BCUT2D eigenvalue weighted by Gasteiger charge is 2.21. The third-order valence-electron chi connectivity index (χ3n) is 2.88. The van der Waals surface area contributed by atoms with Gasteiger partial charge in [0.05, 0.1) is 23.6 Å². The quantitative estimate of drug-likeness (QED) is 0.695. The van der Waals surface area contributed by atoms with Crippen molar-refractivity contribution in [2.45, 2.75) is 19.9 Å². The maximum atomic E-state index is 12.0. The van der Waals surface area contributed by atoms with E-state index in [2.05, 4.69) is 15.4 Å². The minimum atomic E-state index is -1.35. The van der Waals surface area contributed by atoms with E-state index in [0.717, 1.165) is 5.69 Å². The number of amides is 1. The van der Waals surface area contributed by atoms with Crippen molar-refractivity contribution in [3.8, 4) is 0 Å². The van der Waals surface area contributed by atoms with Gasteiger partial charge in [-0.1, -0.05) is 0 Å². The number of nitrogens with one attached hydrogen (secondary N) is 1. The maximum Gasteiger partial charge on any atom is 0.328 e. The smallest absolute Gasteiger partial charge is 0.328 e. The monoisotopic (exact) mass is 278 g/mol. The van der Waals surface area contributed by atoms with Gasteiger partial charge >= 0.3 is 5.97 Å². The van der Waals surface area contributed by atoms with Crippen LogP contribution in [0.15, 0.2) is 12.3 Å². The Morgan fingerprint density at radius 3 is 2.75 bits per heavy atom. The van der Waals surface area contributed by atoms with Crippen LogP contribution in [0.3, 0.4) is 0 Å². The highest BCUT2D eigenvalue weighted by atomic mass is 16.4. The van der Waals surface area contributed by atoms with Gasteiger partial charge in [-0.2, -0.15) is 5.10 Å². The molecule has 2 aromatic rings. The van der Waals surface area contributed by atoms with Crippen LogP contribution in [0.25, 0.3) is 5.65 Å². The minimum absolute atomic E-state index is 0.209. The number of carbonyl (C=O) groups is 2. The average Bonchev–Trinajstić information content (AvgIpc) is 2.77. The van der Waals surface area contributed by atoms with Gasteiger partial charge in [-0.05, 0) is 13.8 Å². The van der Waals surface area contributed by atoms with E-state index in [4.69, 9.17) is 10.2 Å². The molecule has 0 radical (unpaired) electrons. The summed E-state index contributed by atoms with van der Waals surface area (Å²) in [6, 6.07) is 0.416. The molecule has 106 valence electrons. The molecular formula is C12H14N4O4. The number of aromatic nitrogens is 3. The number of carboxylic acid groups (broad SMARTS) is 1. The van der Waals surface area contributed by atoms with Crippen LogP contribution in [0.1, 0.15) is 21.7 Å². The number of hydrogen-bond donors (Lipinski definition) is 3. The van der Waals surface area contributed by atoms with E-state index in [1.807, 2.05) is 0 Å². The van der Waals surface area contributed by atoms with Crippen molar-refractivity contribution < 1.29 is 19.8 Å². The predicted molar refractivity (Wildman–Crippen MR) is 68.4 cm³/mol. The summed E-state index contributed by atoms with van der Waals surface area (Å²) in [5.41, 5.74) is 2.12. The molecule has 0 aliphatic heterocycles. The molecule has 0 fully saturated rings. The summed E-state index contributed by atoms with van der Waals surface area (Å²) < 4.78 is 1.51. The van der Waals surface area contributed by atoms with Crippen LogP contribution in [0, 0.1) is 13.8 Å². The molecule has 1 amide bonds. The van der Waals surface area contributed by atoms with E-state index in [0.29, 0.717) is 11.3 Å². The standard InChI is InChI=1S/C12H14N4O4/c1-6-3-10-13-4-8(7(2)16(10)15-6)11(18)14-9(5-17)12(19)20/h3-4,9,17H,5H2,1-2H3,(H,14,18)(H,19,20)/t9-/m1/s1. The lowest BCUT2D eigenvalue weighted by Crippen LogP contribution is -2.43. The van der Waals surface area contributed by atoms with Crippen LogP contribution in [-0.4, -0.2) is 49.3 Å². The molecule has 0 unspecified atom stereocenters. The molecular weight excluding hydrogens is 264 g/mol. The number of aryl methyl sites for hydroxylation is 2. The third-order valence-corrected chi connectivity index (χ3v) is 2.88. The lowest BCUT2D eigenvalue weighted by Gasteiger charge is -2.13. The van der Waals surface area contributed by atoms with Crippen LogP contribution < -0.4 is 5.32 Å². The number of aliphatic hydroxyl groups is 1. The molecule has 0 saturated carbocycles. The number of carbonyl (C=O) groups excluding carboxylic acids is 1. The van der Waals surface area contributed by atoms with E-state index in [-0.39, 0.29) is 5.56 Å². The van der Waals surface area contributed by atoms with Crippen LogP contribution in [0.2, 0.25) is 0 Å². The molecule has 0 aromatic carbocycles. The molecule has 8 nitrogen and oxygen atoms in total. The zero-order valence-electron chi connectivity index (χ0n) is 11.0. The average molecular weight is 278 g/mol. The minimum Gasteiger partial charge on any atom is -0.480 e. The van der Waals surface area contributed by atoms with Gasteiger partial charge in [-0.25, -0.2) is 14.3 Å². The number of hydrogen-bond acceptors (Lipinski definition) is 5. The lowest BCUT2D eigenvalue weighted by atomic mass is 10.2. The molecule has 0 bridgehead atoms. The molecule has 0 aliphatic rings. The molecule has 2 heterocycles. The fourth-order valence-electron chi connectivity index (χ4n) is 1.81. The van der Waals surface area contributed by atoms with Crippen molar-refractivity contribution in [3.05, 3.63) is 29.2 Å². The van der Waals surface area contributed by atoms with Gasteiger partial charge in [-0.15, -0.1) is 0 Å². The Morgan fingerprint density at radius 1 is 1.45 bits per heavy atom. The van der Waals surface area contributed by atoms with Crippen molar-refractivity contribution in [3.63, 3.8) is 0 Å². The summed E-state index contributed by atoms with van der Waals surface area (Å²) in [4.78, 5) is 26.9. The highest BCUT2D eigenvalue weighted by molar-refractivity contribution is 5.97. The van der Waals surface area contributed by atoms with Gasteiger partial charge in [0, 0.05) is 12.3 Å². The molecule has 0 saturated heterocycles. The fourth-order valence-corrected chi connectivity index (χ4v) is 1.81. The normalized spacial score (nSPS) is 12.3.